The summed E-state index contributed by atoms with van der Waals surface area (Å²) in [7, 11) is -0.142. The van der Waals surface area contributed by atoms with E-state index in [0.717, 1.165) is 10.8 Å². The van der Waals surface area contributed by atoms with E-state index in [4.69, 9.17) is 5.02 Å². The summed E-state index contributed by atoms with van der Waals surface area (Å²) in [4.78, 5) is 0. The molecule has 0 aliphatic rings. The molecule has 0 rings (SSSR count). The van der Waals surface area contributed by atoms with E-state index in [2.05, 4.69) is 27.2 Å². The van der Waals surface area contributed by atoms with Gasteiger partial charge in [0.2, 0.25) is 0 Å². The zero-order valence-corrected chi connectivity index (χ0v) is 6.22. The zero-order chi connectivity index (χ0) is 5.54. The highest BCUT2D eigenvalue weighted by molar-refractivity contribution is 14.1. The summed E-state index contributed by atoms with van der Waals surface area (Å²) in [6, 6.07) is 0. The van der Waals surface area contributed by atoms with Crippen molar-refractivity contribution in [2.24, 2.45) is 0 Å². The molecule has 0 aliphatic carbocycles. The fourth-order valence-electron chi connectivity index (χ4n) is 0.221. The van der Waals surface area contributed by atoms with Crippen LogP contribution in [-0.2, 0) is 4.65 Å². The Morgan fingerprint density at radius 1 is 1.71 bits per heavy atom. The first-order chi connectivity index (χ1) is 3.41. The van der Waals surface area contributed by atoms with Gasteiger partial charge in [0, 0.05) is 11.0 Å². The summed E-state index contributed by atoms with van der Waals surface area (Å²) in [6.45, 7) is 0.680. The van der Waals surface area contributed by atoms with Crippen LogP contribution < -0.4 is 0 Å². The van der Waals surface area contributed by atoms with Crippen molar-refractivity contribution in [3.8, 4) is 0 Å². The number of hydrogen-bond acceptors (Lipinski definition) is 2. The Balaban J connectivity index is 2.45. The van der Waals surface area contributed by atoms with Gasteiger partial charge in [-0.3, -0.25) is 0 Å². The molecule has 42 valence electrons. The summed E-state index contributed by atoms with van der Waals surface area (Å²) in [6.07, 6.45) is 1.03. The van der Waals surface area contributed by atoms with Crippen LogP contribution in [0.1, 0.15) is 6.42 Å². The third-order valence-corrected chi connectivity index (χ3v) is 1.28. The van der Waals surface area contributed by atoms with Crippen molar-refractivity contribution in [3.63, 3.8) is 0 Å². The van der Waals surface area contributed by atoms with E-state index in [1.165, 1.54) is 0 Å². The Morgan fingerprint density at radius 2 is 2.43 bits per heavy atom. The lowest BCUT2D eigenvalue weighted by Crippen LogP contribution is -1.98. The Kier molecular flexibility index (Phi) is 7.40. The number of alkyl halides is 1. The van der Waals surface area contributed by atoms with Crippen molar-refractivity contribution in [2.75, 3.05) is 11.0 Å². The third kappa shape index (κ3) is 6.71. The van der Waals surface area contributed by atoms with Gasteiger partial charge < -0.3 is 9.68 Å². The lowest BCUT2D eigenvalue weighted by atomic mass is 10.4. The number of rotatable bonds is 4. The molecule has 0 aromatic carbocycles. The molecule has 0 spiro atoms. The minimum Gasteiger partial charge on any atom is -0.430 e. The highest BCUT2D eigenvalue weighted by Crippen LogP contribution is 1.86. The predicted molar refractivity (Wildman–Crippen MR) is 38.8 cm³/mol. The predicted octanol–water partition coefficient (Wildman–Crippen LogP) is 0.0869. The first-order valence-electron chi connectivity index (χ1n) is 2.16. The Morgan fingerprint density at radius 3 is 2.86 bits per heavy atom. The summed E-state index contributed by atoms with van der Waals surface area (Å²) in [5.41, 5.74) is 0. The molecule has 0 unspecified atom stereocenters. The monoisotopic (exact) mass is 214 g/mol. The van der Waals surface area contributed by atoms with Gasteiger partial charge in [-0.1, -0.05) is 22.6 Å². The molecule has 0 aromatic rings. The molecule has 0 saturated carbocycles. The van der Waals surface area contributed by atoms with Crippen molar-refractivity contribution in [3.05, 3.63) is 0 Å². The summed E-state index contributed by atoms with van der Waals surface area (Å²) in [5.74, 6) is 0. The number of hydrogen-bond donors (Lipinski definition) is 1. The second-order valence-corrected chi connectivity index (χ2v) is 2.16. The summed E-state index contributed by atoms with van der Waals surface area (Å²) < 4.78 is 5.72. The van der Waals surface area contributed by atoms with E-state index >= 15 is 0 Å². The highest BCUT2D eigenvalue weighted by Gasteiger charge is 1.82. The van der Waals surface area contributed by atoms with Gasteiger partial charge in [0.25, 0.3) is 0 Å². The van der Waals surface area contributed by atoms with Gasteiger partial charge in [0.05, 0.1) is 0 Å². The minimum atomic E-state index is -0.142. The van der Waals surface area contributed by atoms with Crippen LogP contribution in [0.5, 0.6) is 0 Å². The van der Waals surface area contributed by atoms with Gasteiger partial charge in [-0.2, -0.15) is 0 Å². The average molecular weight is 214 g/mol. The van der Waals surface area contributed by atoms with Gasteiger partial charge in [0.15, 0.2) is 0 Å². The molecular weight excluding hydrogens is 206 g/mol. The van der Waals surface area contributed by atoms with Crippen LogP contribution in [-0.4, -0.2) is 23.7 Å². The fourth-order valence-corrected chi connectivity index (χ4v) is 0.533. The van der Waals surface area contributed by atoms with Gasteiger partial charge in [0.1, 0.15) is 0 Å². The van der Waals surface area contributed by atoms with Crippen LogP contribution in [0.2, 0.25) is 0 Å². The fraction of sp³-hybridized carbons (Fsp3) is 1.00. The molecule has 0 radical (unpaired) electrons. The van der Waals surface area contributed by atoms with E-state index < -0.39 is 0 Å². The molecule has 0 amide bonds. The molecule has 4 heteroatoms. The topological polar surface area (TPSA) is 29.5 Å². The first-order valence-corrected chi connectivity index (χ1v) is 3.69. The van der Waals surface area contributed by atoms with Gasteiger partial charge in [-0.15, -0.1) is 0 Å². The summed E-state index contributed by atoms with van der Waals surface area (Å²) in [5, 5.41) is 8.07. The molecule has 0 saturated heterocycles. The normalized spacial score (nSPS) is 8.86. The average Bonchev–Trinajstić information content (AvgIpc) is 1.69. The minimum absolute atomic E-state index is 0.142. The van der Waals surface area contributed by atoms with Crippen LogP contribution in [0.4, 0.5) is 0 Å². The molecule has 0 aliphatic heterocycles. The second kappa shape index (κ2) is 6.71. The molecule has 1 N–H and O–H groups in total. The molecule has 0 heterocycles. The standard InChI is InChI=1S/C3H8BIO2/c5-2-1-3-7-4-6/h4,6H,1-3H2. The van der Waals surface area contributed by atoms with Crippen molar-refractivity contribution < 1.29 is 9.68 Å². The maximum atomic E-state index is 8.07. The molecule has 0 fully saturated rings. The van der Waals surface area contributed by atoms with Gasteiger partial charge in [-0.05, 0) is 6.42 Å². The van der Waals surface area contributed by atoms with Gasteiger partial charge in [-0.25, -0.2) is 0 Å². The molecule has 0 bridgehead atoms. The van der Waals surface area contributed by atoms with Crippen LogP contribution in [0.15, 0.2) is 0 Å². The molecule has 0 aromatic heterocycles. The SMILES string of the molecule is OBOCCCI. The Bertz CT molecular complexity index is 32.1. The second-order valence-electron chi connectivity index (χ2n) is 1.08. The molecule has 2 nitrogen and oxygen atoms in total. The zero-order valence-electron chi connectivity index (χ0n) is 4.06. The maximum Gasteiger partial charge on any atom is 0.435 e. The molecular formula is C3H8BIO2. The van der Waals surface area contributed by atoms with Crippen LogP contribution >= 0.6 is 22.6 Å². The van der Waals surface area contributed by atoms with E-state index in [-0.39, 0.29) is 7.69 Å². The largest absolute Gasteiger partial charge is 0.435 e. The first kappa shape index (κ1) is 7.71. The lowest BCUT2D eigenvalue weighted by Gasteiger charge is -1.92. The summed E-state index contributed by atoms with van der Waals surface area (Å²) >= 11 is 2.27. The molecule has 0 atom stereocenters. The van der Waals surface area contributed by atoms with Crippen LogP contribution in [0.25, 0.3) is 0 Å². The molecule has 7 heavy (non-hydrogen) atoms. The van der Waals surface area contributed by atoms with Gasteiger partial charge >= 0.3 is 7.69 Å². The lowest BCUT2D eigenvalue weighted by molar-refractivity contribution is 0.286. The Hall–Kier alpha value is 0.715. The van der Waals surface area contributed by atoms with E-state index in [1.807, 2.05) is 0 Å². The Labute approximate surface area is 57.7 Å². The van der Waals surface area contributed by atoms with Crippen molar-refractivity contribution in [2.45, 2.75) is 6.42 Å². The highest BCUT2D eigenvalue weighted by atomic mass is 127. The van der Waals surface area contributed by atoms with Crippen molar-refractivity contribution >= 4 is 30.3 Å². The van der Waals surface area contributed by atoms with Crippen molar-refractivity contribution in [1.82, 2.24) is 0 Å². The smallest absolute Gasteiger partial charge is 0.430 e. The maximum absolute atomic E-state index is 8.07. The number of halogens is 1. The van der Waals surface area contributed by atoms with E-state index in [0.29, 0.717) is 6.61 Å². The van der Waals surface area contributed by atoms with Crippen LogP contribution in [0, 0.1) is 0 Å². The van der Waals surface area contributed by atoms with Crippen LogP contribution in [0.3, 0.4) is 0 Å². The quantitative estimate of drug-likeness (QED) is 0.311. The van der Waals surface area contributed by atoms with E-state index in [9.17, 15) is 0 Å². The van der Waals surface area contributed by atoms with Crippen molar-refractivity contribution in [1.29, 1.82) is 0 Å². The van der Waals surface area contributed by atoms with E-state index in [1.54, 1.807) is 0 Å². The third-order valence-electron chi connectivity index (χ3n) is 0.514.